The van der Waals surface area contributed by atoms with E-state index in [9.17, 15) is 0 Å². The molecular weight excluding hydrogens is 352 g/mol. The second kappa shape index (κ2) is 6.82. The first kappa shape index (κ1) is 18.3. The Morgan fingerprint density at radius 3 is 2.64 bits per heavy atom. The molecule has 5 N–H and O–H groups in total. The van der Waals surface area contributed by atoms with Crippen molar-refractivity contribution in [3.05, 3.63) is 34.5 Å². The number of oxime groups is 1. The average Bonchev–Trinajstić information content (AvgIpc) is 3.31. The molecule has 2 aliphatic rings. The van der Waals surface area contributed by atoms with Crippen LogP contribution in [0.3, 0.4) is 0 Å². The van der Waals surface area contributed by atoms with Crippen molar-refractivity contribution in [2.75, 3.05) is 11.9 Å². The number of aromatic amines is 1. The van der Waals surface area contributed by atoms with Crippen molar-refractivity contribution in [2.24, 2.45) is 10.9 Å². The molecule has 0 unspecified atom stereocenters. The van der Waals surface area contributed by atoms with Gasteiger partial charge in [-0.25, -0.2) is 4.98 Å². The molecule has 1 aromatic carbocycles. The number of nitrogens with two attached hydrogens (primary N) is 1. The van der Waals surface area contributed by atoms with E-state index in [-0.39, 0.29) is 0 Å². The summed E-state index contributed by atoms with van der Waals surface area (Å²) in [5.74, 6) is 0.760. The number of H-pyrrole nitrogens is 1. The van der Waals surface area contributed by atoms with Crippen LogP contribution < -0.4 is 11.1 Å². The van der Waals surface area contributed by atoms with Crippen LogP contribution in [-0.2, 0) is 4.84 Å². The molecule has 0 amide bonds. The maximum atomic E-state index is 8.27. The minimum absolute atomic E-state index is 0.418. The van der Waals surface area contributed by atoms with Crippen LogP contribution in [0, 0.1) is 5.41 Å². The van der Waals surface area contributed by atoms with E-state index < -0.39 is 0 Å². The van der Waals surface area contributed by atoms with Gasteiger partial charge in [0, 0.05) is 34.2 Å². The van der Waals surface area contributed by atoms with Crippen molar-refractivity contribution in [3.63, 3.8) is 0 Å². The summed E-state index contributed by atoms with van der Waals surface area (Å²) in [6.07, 6.45) is 2.34. The predicted molar refractivity (Wildman–Crippen MR) is 115 cm³/mol. The van der Waals surface area contributed by atoms with Crippen LogP contribution in [0.25, 0.3) is 22.2 Å². The summed E-state index contributed by atoms with van der Waals surface area (Å²) in [7, 11) is 0. The van der Waals surface area contributed by atoms with Crippen molar-refractivity contribution < 1.29 is 4.84 Å². The first-order valence-electron chi connectivity index (χ1n) is 9.54. The van der Waals surface area contributed by atoms with Crippen molar-refractivity contribution in [1.29, 1.82) is 5.41 Å². The average molecular weight is 378 g/mol. The van der Waals surface area contributed by atoms with Gasteiger partial charge in [-0.15, -0.1) is 0 Å². The van der Waals surface area contributed by atoms with E-state index in [1.165, 1.54) is 12.8 Å². The lowest BCUT2D eigenvalue weighted by Crippen LogP contribution is -2.11. The number of aromatic nitrogens is 2. The fourth-order valence-electron chi connectivity index (χ4n) is 3.76. The standard InChI is InChI=1S/C21H26N6O/c1-10-9-28-27-13(4)18(10)14-7-16(19(11(2)22)12(3)23)20-17(8-14)25-21(26-20)24-15-5-6-15/h7-8,15,22H,5-6,9,23H2,1-4H3,(H2,24,25,26)/b19-12+,22-11?. The molecule has 4 rings (SSSR count). The summed E-state index contributed by atoms with van der Waals surface area (Å²) in [5.41, 5.74) is 14.5. The van der Waals surface area contributed by atoms with Crippen molar-refractivity contribution >= 4 is 39.6 Å². The van der Waals surface area contributed by atoms with Gasteiger partial charge in [-0.2, -0.15) is 0 Å². The maximum absolute atomic E-state index is 8.27. The number of hydrogen-bond donors (Lipinski definition) is 4. The largest absolute Gasteiger partial charge is 0.402 e. The molecule has 0 atom stereocenters. The number of anilines is 1. The summed E-state index contributed by atoms with van der Waals surface area (Å²) in [4.78, 5) is 13.5. The highest BCUT2D eigenvalue weighted by Crippen LogP contribution is 2.34. The number of allylic oxidation sites excluding steroid dienone is 3. The summed E-state index contributed by atoms with van der Waals surface area (Å²) >= 11 is 0. The number of fused-ring (bicyclic) bond motifs is 1. The Labute approximate surface area is 164 Å². The molecule has 0 radical (unpaired) electrons. The number of nitrogens with one attached hydrogen (secondary N) is 3. The number of hydrogen-bond acceptors (Lipinski definition) is 6. The van der Waals surface area contributed by atoms with Gasteiger partial charge in [-0.05, 0) is 63.8 Å². The van der Waals surface area contributed by atoms with Crippen molar-refractivity contribution in [1.82, 2.24) is 9.97 Å². The topological polar surface area (TPSA) is 112 Å². The van der Waals surface area contributed by atoms with E-state index in [1.807, 2.05) is 13.8 Å². The molecule has 28 heavy (non-hydrogen) atoms. The minimum Gasteiger partial charge on any atom is -0.402 e. The highest BCUT2D eigenvalue weighted by atomic mass is 16.6. The molecule has 2 aromatic rings. The third kappa shape index (κ3) is 3.28. The fraction of sp³-hybridized carbons (Fsp3) is 0.381. The van der Waals surface area contributed by atoms with Crippen LogP contribution >= 0.6 is 0 Å². The van der Waals surface area contributed by atoms with Crippen LogP contribution in [0.1, 0.15) is 51.7 Å². The molecule has 0 bridgehead atoms. The van der Waals surface area contributed by atoms with Crippen LogP contribution in [0.15, 0.2) is 28.6 Å². The molecule has 0 spiro atoms. The van der Waals surface area contributed by atoms with Crippen LogP contribution in [0.4, 0.5) is 5.95 Å². The van der Waals surface area contributed by atoms with Gasteiger partial charge in [-0.1, -0.05) is 5.16 Å². The zero-order valence-electron chi connectivity index (χ0n) is 16.7. The molecule has 2 heterocycles. The van der Waals surface area contributed by atoms with E-state index in [1.54, 1.807) is 6.92 Å². The highest BCUT2D eigenvalue weighted by Gasteiger charge is 2.24. The summed E-state index contributed by atoms with van der Waals surface area (Å²) < 4.78 is 0. The van der Waals surface area contributed by atoms with Crippen LogP contribution in [0.2, 0.25) is 0 Å². The number of imidazole rings is 1. The van der Waals surface area contributed by atoms with E-state index >= 15 is 0 Å². The van der Waals surface area contributed by atoms with Gasteiger partial charge in [0.05, 0.1) is 16.7 Å². The molecule has 1 aliphatic carbocycles. The van der Waals surface area contributed by atoms with E-state index in [0.29, 0.717) is 24.1 Å². The lowest BCUT2D eigenvalue weighted by atomic mass is 9.91. The van der Waals surface area contributed by atoms with Crippen LogP contribution in [0.5, 0.6) is 0 Å². The fourth-order valence-corrected chi connectivity index (χ4v) is 3.76. The predicted octanol–water partition coefficient (Wildman–Crippen LogP) is 4.05. The van der Waals surface area contributed by atoms with E-state index in [0.717, 1.165) is 50.5 Å². The molecule has 7 nitrogen and oxygen atoms in total. The van der Waals surface area contributed by atoms with Gasteiger partial charge < -0.3 is 26.3 Å². The number of rotatable bonds is 5. The maximum Gasteiger partial charge on any atom is 0.201 e. The van der Waals surface area contributed by atoms with Gasteiger partial charge in [0.1, 0.15) is 6.61 Å². The minimum atomic E-state index is 0.418. The van der Waals surface area contributed by atoms with E-state index in [2.05, 4.69) is 34.5 Å². The molecule has 1 fully saturated rings. The smallest absolute Gasteiger partial charge is 0.201 e. The van der Waals surface area contributed by atoms with Gasteiger partial charge in [0.2, 0.25) is 5.95 Å². The van der Waals surface area contributed by atoms with Gasteiger partial charge in [0.15, 0.2) is 0 Å². The monoisotopic (exact) mass is 378 g/mol. The molecule has 146 valence electrons. The molecule has 1 aromatic heterocycles. The first-order valence-corrected chi connectivity index (χ1v) is 9.54. The number of nitrogens with zero attached hydrogens (tertiary/aromatic N) is 2. The third-order valence-corrected chi connectivity index (χ3v) is 5.10. The zero-order valence-corrected chi connectivity index (χ0v) is 16.7. The van der Waals surface area contributed by atoms with Crippen LogP contribution in [-0.4, -0.2) is 34.0 Å². The molecule has 0 saturated heterocycles. The van der Waals surface area contributed by atoms with E-state index in [4.69, 9.17) is 21.0 Å². The Kier molecular flexibility index (Phi) is 4.45. The summed E-state index contributed by atoms with van der Waals surface area (Å²) in [6.45, 7) is 8.05. The first-order chi connectivity index (χ1) is 13.3. The quantitative estimate of drug-likeness (QED) is 0.588. The molecule has 1 saturated carbocycles. The summed E-state index contributed by atoms with van der Waals surface area (Å²) in [6, 6.07) is 4.65. The summed E-state index contributed by atoms with van der Waals surface area (Å²) in [5, 5.41) is 15.9. The zero-order chi connectivity index (χ0) is 20.0. The van der Waals surface area contributed by atoms with Gasteiger partial charge in [-0.3, -0.25) is 0 Å². The lowest BCUT2D eigenvalue weighted by molar-refractivity contribution is 0.165. The number of benzene rings is 1. The second-order valence-electron chi connectivity index (χ2n) is 7.71. The van der Waals surface area contributed by atoms with Gasteiger partial charge in [0.25, 0.3) is 0 Å². The Morgan fingerprint density at radius 1 is 1.29 bits per heavy atom. The van der Waals surface area contributed by atoms with Crippen molar-refractivity contribution in [2.45, 2.75) is 46.6 Å². The normalized spacial score (nSPS) is 17.9. The van der Waals surface area contributed by atoms with Gasteiger partial charge >= 0.3 is 0 Å². The Hall–Kier alpha value is -3.09. The molecule has 1 aliphatic heterocycles. The Bertz CT molecular complexity index is 1060. The molecular formula is C21H26N6O. The highest BCUT2D eigenvalue weighted by molar-refractivity contribution is 6.27. The Morgan fingerprint density at radius 2 is 2.04 bits per heavy atom. The SMILES string of the molecule is CC(=N)/C(=C(/C)N)c1cc(C2=C(C)CON=C2C)cc2[nH]c(NC3CC3)nc12. The lowest BCUT2D eigenvalue weighted by Gasteiger charge is -2.18. The third-order valence-electron chi connectivity index (χ3n) is 5.10. The second-order valence-corrected chi connectivity index (χ2v) is 7.71. The Balaban J connectivity index is 1.96. The van der Waals surface area contributed by atoms with Crippen molar-refractivity contribution in [3.8, 4) is 0 Å². The molecule has 7 heteroatoms.